The third kappa shape index (κ3) is 2.34. The molecule has 0 radical (unpaired) electrons. The minimum absolute atomic E-state index is 0.212. The van der Waals surface area contributed by atoms with Crippen molar-refractivity contribution in [1.29, 1.82) is 0 Å². The molecule has 2 nitrogen and oxygen atoms in total. The highest BCUT2D eigenvalue weighted by Crippen LogP contribution is 2.47. The highest BCUT2D eigenvalue weighted by molar-refractivity contribution is 7.99. The van der Waals surface area contributed by atoms with Gasteiger partial charge in [0.15, 0.2) is 0 Å². The van der Waals surface area contributed by atoms with Crippen molar-refractivity contribution in [2.75, 3.05) is 24.6 Å². The van der Waals surface area contributed by atoms with E-state index in [0.29, 0.717) is 11.5 Å². The molecule has 0 amide bonds. The third-order valence-electron chi connectivity index (χ3n) is 5.48. The zero-order valence-corrected chi connectivity index (χ0v) is 13.4. The molecule has 2 aliphatic heterocycles. The van der Waals surface area contributed by atoms with Crippen LogP contribution in [-0.4, -0.2) is 41.1 Å². The molecule has 3 atom stereocenters. The minimum atomic E-state index is 0.212. The van der Waals surface area contributed by atoms with Gasteiger partial charge in [0.2, 0.25) is 0 Å². The van der Waals surface area contributed by atoms with Gasteiger partial charge in [-0.25, -0.2) is 0 Å². The summed E-state index contributed by atoms with van der Waals surface area (Å²) in [5.41, 5.74) is 6.86. The molecule has 0 aromatic heterocycles. The number of rotatable bonds is 2. The summed E-state index contributed by atoms with van der Waals surface area (Å²) in [5, 5.41) is 0. The maximum atomic E-state index is 6.30. The molecule has 106 valence electrons. The van der Waals surface area contributed by atoms with E-state index in [1.54, 1.807) is 0 Å². The molecular weight excluding hydrogens is 240 g/mol. The summed E-state index contributed by atoms with van der Waals surface area (Å²) in [6.45, 7) is 11.7. The second-order valence-corrected chi connectivity index (χ2v) is 8.21. The van der Waals surface area contributed by atoms with Crippen molar-refractivity contribution in [3.05, 3.63) is 0 Å². The molecule has 2 saturated heterocycles. The molecule has 0 aliphatic carbocycles. The first kappa shape index (κ1) is 14.7. The van der Waals surface area contributed by atoms with Gasteiger partial charge in [-0.2, -0.15) is 11.8 Å². The van der Waals surface area contributed by atoms with Crippen molar-refractivity contribution in [2.24, 2.45) is 17.1 Å². The Labute approximate surface area is 117 Å². The number of nitrogens with zero attached hydrogens (tertiary/aromatic N) is 1. The highest BCUT2D eigenvalue weighted by Gasteiger charge is 2.51. The van der Waals surface area contributed by atoms with Crippen LogP contribution in [0.15, 0.2) is 0 Å². The highest BCUT2D eigenvalue weighted by atomic mass is 32.2. The van der Waals surface area contributed by atoms with E-state index in [4.69, 9.17) is 5.73 Å². The van der Waals surface area contributed by atoms with Crippen LogP contribution >= 0.6 is 11.8 Å². The number of thioether (sulfide) groups is 1. The summed E-state index contributed by atoms with van der Waals surface area (Å²) < 4.78 is 0. The molecule has 2 heterocycles. The lowest BCUT2D eigenvalue weighted by Gasteiger charge is -2.59. The van der Waals surface area contributed by atoms with Crippen molar-refractivity contribution in [1.82, 2.24) is 4.90 Å². The lowest BCUT2D eigenvalue weighted by atomic mass is 9.68. The molecule has 0 aromatic rings. The lowest BCUT2D eigenvalue weighted by molar-refractivity contribution is -0.0507. The molecule has 0 bridgehead atoms. The molecule has 3 unspecified atom stereocenters. The molecule has 18 heavy (non-hydrogen) atoms. The number of nitrogens with two attached hydrogens (primary N) is 1. The second-order valence-electron chi connectivity index (χ2n) is 7.11. The van der Waals surface area contributed by atoms with Gasteiger partial charge in [-0.1, -0.05) is 20.8 Å². The normalized spacial score (nSPS) is 41.8. The van der Waals surface area contributed by atoms with E-state index in [1.165, 1.54) is 37.3 Å². The lowest BCUT2D eigenvalue weighted by Crippen LogP contribution is -2.69. The number of hydrogen-bond acceptors (Lipinski definition) is 3. The van der Waals surface area contributed by atoms with Crippen molar-refractivity contribution in [3.8, 4) is 0 Å². The molecule has 2 N–H and O–H groups in total. The summed E-state index contributed by atoms with van der Waals surface area (Å²) in [5.74, 6) is 3.34. The standard InChI is InChI=1S/C15H30N2S/c1-12-5-6-13(2)17(9-12)15(10-16)11-18-8-7-14(15,3)4/h12-13H,5-11,16H2,1-4H3. The molecule has 2 fully saturated rings. The van der Waals surface area contributed by atoms with Crippen LogP contribution in [0.25, 0.3) is 0 Å². The predicted octanol–water partition coefficient (Wildman–Crippen LogP) is 2.97. The molecule has 3 heteroatoms. The summed E-state index contributed by atoms with van der Waals surface area (Å²) in [4.78, 5) is 2.77. The van der Waals surface area contributed by atoms with E-state index in [-0.39, 0.29) is 5.54 Å². The van der Waals surface area contributed by atoms with Gasteiger partial charge >= 0.3 is 0 Å². The van der Waals surface area contributed by atoms with E-state index < -0.39 is 0 Å². The SMILES string of the molecule is CC1CCC(C)N(C2(CN)CSCCC2(C)C)C1. The summed E-state index contributed by atoms with van der Waals surface area (Å²) in [6.07, 6.45) is 4.02. The Morgan fingerprint density at radius 3 is 2.61 bits per heavy atom. The summed E-state index contributed by atoms with van der Waals surface area (Å²) >= 11 is 2.10. The molecule has 0 spiro atoms. The molecule has 2 rings (SSSR count). The van der Waals surface area contributed by atoms with Gasteiger partial charge in [-0.3, -0.25) is 4.90 Å². The average Bonchev–Trinajstić information content (AvgIpc) is 2.33. The fourth-order valence-corrected chi connectivity index (χ4v) is 5.62. The fraction of sp³-hybridized carbons (Fsp3) is 1.00. The Kier molecular flexibility index (Phi) is 4.35. The number of hydrogen-bond donors (Lipinski definition) is 1. The second kappa shape index (κ2) is 5.34. The van der Waals surface area contributed by atoms with E-state index in [0.717, 1.165) is 12.5 Å². The van der Waals surface area contributed by atoms with Gasteiger partial charge in [0.05, 0.1) is 0 Å². The van der Waals surface area contributed by atoms with Gasteiger partial charge in [-0.15, -0.1) is 0 Å². The quantitative estimate of drug-likeness (QED) is 0.836. The van der Waals surface area contributed by atoms with Crippen LogP contribution in [0.2, 0.25) is 0 Å². The molecular formula is C15H30N2S. The topological polar surface area (TPSA) is 29.3 Å². The van der Waals surface area contributed by atoms with E-state index in [9.17, 15) is 0 Å². The smallest absolute Gasteiger partial charge is 0.0475 e. The van der Waals surface area contributed by atoms with E-state index >= 15 is 0 Å². The maximum absolute atomic E-state index is 6.30. The Bertz CT molecular complexity index is 292. The van der Waals surface area contributed by atoms with Gasteiger partial charge in [0.1, 0.15) is 0 Å². The molecule has 2 aliphatic rings. The predicted molar refractivity (Wildman–Crippen MR) is 82.1 cm³/mol. The molecule has 0 aromatic carbocycles. The Balaban J connectivity index is 2.29. The number of piperidine rings is 1. The van der Waals surface area contributed by atoms with Crippen LogP contribution in [0.5, 0.6) is 0 Å². The zero-order valence-electron chi connectivity index (χ0n) is 12.5. The minimum Gasteiger partial charge on any atom is -0.329 e. The van der Waals surface area contributed by atoms with Crippen LogP contribution in [-0.2, 0) is 0 Å². The largest absolute Gasteiger partial charge is 0.329 e. The van der Waals surface area contributed by atoms with Crippen molar-refractivity contribution in [2.45, 2.75) is 58.5 Å². The van der Waals surface area contributed by atoms with Crippen LogP contribution in [0.4, 0.5) is 0 Å². The van der Waals surface area contributed by atoms with Gasteiger partial charge in [-0.05, 0) is 43.3 Å². The monoisotopic (exact) mass is 270 g/mol. The third-order valence-corrected chi connectivity index (χ3v) is 6.65. The first-order chi connectivity index (χ1) is 8.43. The average molecular weight is 270 g/mol. The van der Waals surface area contributed by atoms with E-state index in [2.05, 4.69) is 44.4 Å². The zero-order chi connectivity index (χ0) is 13.4. The Hall–Kier alpha value is 0.270. The maximum Gasteiger partial charge on any atom is 0.0475 e. The fourth-order valence-electron chi connectivity index (χ4n) is 3.81. The first-order valence-electron chi connectivity index (χ1n) is 7.47. The van der Waals surface area contributed by atoms with Crippen LogP contribution < -0.4 is 5.73 Å². The van der Waals surface area contributed by atoms with Crippen LogP contribution in [0.3, 0.4) is 0 Å². The Morgan fingerprint density at radius 2 is 2.00 bits per heavy atom. The number of likely N-dealkylation sites (tertiary alicyclic amines) is 1. The van der Waals surface area contributed by atoms with Gasteiger partial charge < -0.3 is 5.73 Å². The van der Waals surface area contributed by atoms with Crippen molar-refractivity contribution < 1.29 is 0 Å². The van der Waals surface area contributed by atoms with Crippen molar-refractivity contribution in [3.63, 3.8) is 0 Å². The van der Waals surface area contributed by atoms with Crippen LogP contribution in [0.1, 0.15) is 47.0 Å². The molecule has 0 saturated carbocycles. The van der Waals surface area contributed by atoms with Crippen molar-refractivity contribution >= 4 is 11.8 Å². The van der Waals surface area contributed by atoms with E-state index in [1.807, 2.05) is 0 Å². The summed E-state index contributed by atoms with van der Waals surface area (Å²) in [7, 11) is 0. The van der Waals surface area contributed by atoms with Gasteiger partial charge in [0.25, 0.3) is 0 Å². The Morgan fingerprint density at radius 1 is 1.28 bits per heavy atom. The first-order valence-corrected chi connectivity index (χ1v) is 8.63. The summed E-state index contributed by atoms with van der Waals surface area (Å²) in [6, 6.07) is 0.697. The van der Waals surface area contributed by atoms with Crippen LogP contribution in [0, 0.1) is 11.3 Å². The van der Waals surface area contributed by atoms with Gasteiger partial charge in [0, 0.05) is 30.4 Å².